The molecule has 0 N–H and O–H groups in total. The van der Waals surface area contributed by atoms with E-state index in [0.717, 1.165) is 24.3 Å². The van der Waals surface area contributed by atoms with Crippen LogP contribution in [0.2, 0.25) is 0 Å². The van der Waals surface area contributed by atoms with Crippen LogP contribution in [0, 0.1) is 11.3 Å². The van der Waals surface area contributed by atoms with Crippen LogP contribution in [-0.4, -0.2) is 25.7 Å². The van der Waals surface area contributed by atoms with Crippen LogP contribution < -0.4 is 0 Å². The van der Waals surface area contributed by atoms with E-state index in [2.05, 4.69) is 0 Å². The standard InChI is InChI=1S/C9H17FO2S2/c1-9(2,7-14(10,11)12)8-3-5-13-6-4-8/h8H,3-7H2,1-2H3. The molecule has 0 aromatic heterocycles. The van der Waals surface area contributed by atoms with E-state index in [0.29, 0.717) is 5.92 Å². The van der Waals surface area contributed by atoms with E-state index in [1.165, 1.54) is 0 Å². The maximum atomic E-state index is 12.6. The van der Waals surface area contributed by atoms with Gasteiger partial charge >= 0.3 is 10.2 Å². The van der Waals surface area contributed by atoms with Gasteiger partial charge in [0.2, 0.25) is 0 Å². The lowest BCUT2D eigenvalue weighted by atomic mass is 9.77. The summed E-state index contributed by atoms with van der Waals surface area (Å²) >= 11 is 1.89. The Balaban J connectivity index is 2.63. The number of halogens is 1. The van der Waals surface area contributed by atoms with E-state index in [4.69, 9.17) is 0 Å². The van der Waals surface area contributed by atoms with Crippen LogP contribution in [0.1, 0.15) is 26.7 Å². The summed E-state index contributed by atoms with van der Waals surface area (Å²) in [5.41, 5.74) is -0.422. The normalized spacial score (nSPS) is 21.1. The molecule has 0 saturated carbocycles. The third-order valence-electron chi connectivity index (χ3n) is 2.87. The molecule has 0 aliphatic carbocycles. The Bertz CT molecular complexity index is 279. The fraction of sp³-hybridized carbons (Fsp3) is 1.00. The van der Waals surface area contributed by atoms with Crippen LogP contribution in [0.4, 0.5) is 3.89 Å². The Morgan fingerprint density at radius 2 is 1.86 bits per heavy atom. The molecule has 0 radical (unpaired) electrons. The van der Waals surface area contributed by atoms with Crippen molar-refractivity contribution in [1.29, 1.82) is 0 Å². The molecule has 84 valence electrons. The molecule has 0 unspecified atom stereocenters. The lowest BCUT2D eigenvalue weighted by Crippen LogP contribution is -2.33. The van der Waals surface area contributed by atoms with E-state index < -0.39 is 15.6 Å². The molecule has 1 heterocycles. The summed E-state index contributed by atoms with van der Waals surface area (Å²) < 4.78 is 33.8. The quantitative estimate of drug-likeness (QED) is 0.711. The second-order valence-electron chi connectivity index (χ2n) is 4.56. The van der Waals surface area contributed by atoms with Gasteiger partial charge in [0.15, 0.2) is 0 Å². The van der Waals surface area contributed by atoms with Crippen molar-refractivity contribution in [2.24, 2.45) is 11.3 Å². The van der Waals surface area contributed by atoms with Crippen molar-refractivity contribution >= 4 is 22.0 Å². The average Bonchev–Trinajstić information content (AvgIpc) is 2.01. The molecular formula is C9H17FO2S2. The van der Waals surface area contributed by atoms with Gasteiger partial charge in [0, 0.05) is 0 Å². The highest BCUT2D eigenvalue weighted by Crippen LogP contribution is 2.38. The smallest absolute Gasteiger partial charge is 0.195 e. The molecule has 0 aromatic rings. The first-order valence-electron chi connectivity index (χ1n) is 4.81. The van der Waals surface area contributed by atoms with Crippen molar-refractivity contribution in [3.05, 3.63) is 0 Å². The Morgan fingerprint density at radius 3 is 2.29 bits per heavy atom. The number of thioether (sulfide) groups is 1. The first-order chi connectivity index (χ1) is 6.31. The van der Waals surface area contributed by atoms with Gasteiger partial charge in [0.25, 0.3) is 0 Å². The fourth-order valence-corrected chi connectivity index (χ4v) is 4.27. The summed E-state index contributed by atoms with van der Waals surface area (Å²) in [5, 5.41) is 0. The second-order valence-corrected chi connectivity index (χ2v) is 7.15. The maximum Gasteiger partial charge on any atom is 0.302 e. The molecule has 14 heavy (non-hydrogen) atoms. The van der Waals surface area contributed by atoms with E-state index >= 15 is 0 Å². The molecule has 1 saturated heterocycles. The molecule has 1 rings (SSSR count). The Morgan fingerprint density at radius 1 is 1.36 bits per heavy atom. The molecule has 0 spiro atoms. The van der Waals surface area contributed by atoms with Gasteiger partial charge in [-0.2, -0.15) is 20.2 Å². The SMILES string of the molecule is CC(C)(CS(=O)(=O)F)C1CCSCC1. The van der Waals surface area contributed by atoms with E-state index in [9.17, 15) is 12.3 Å². The molecule has 1 fully saturated rings. The number of hydrogen-bond acceptors (Lipinski definition) is 3. The van der Waals surface area contributed by atoms with Crippen molar-refractivity contribution in [2.45, 2.75) is 26.7 Å². The highest BCUT2D eigenvalue weighted by atomic mass is 32.3. The van der Waals surface area contributed by atoms with Crippen LogP contribution in [0.5, 0.6) is 0 Å². The molecule has 2 nitrogen and oxygen atoms in total. The van der Waals surface area contributed by atoms with E-state index in [1.807, 2.05) is 25.6 Å². The minimum absolute atomic E-state index is 0.338. The summed E-state index contributed by atoms with van der Waals surface area (Å²) in [6, 6.07) is 0. The van der Waals surface area contributed by atoms with Gasteiger partial charge in [-0.1, -0.05) is 13.8 Å². The molecule has 5 heteroatoms. The Kier molecular flexibility index (Phi) is 3.86. The zero-order valence-corrected chi connectivity index (χ0v) is 10.3. The van der Waals surface area contributed by atoms with Crippen LogP contribution in [0.25, 0.3) is 0 Å². The Labute approximate surface area is 89.9 Å². The zero-order chi connectivity index (χ0) is 10.8. The molecule has 1 aliphatic heterocycles. The lowest BCUT2D eigenvalue weighted by Gasteiger charge is -2.35. The highest BCUT2D eigenvalue weighted by Gasteiger charge is 2.34. The van der Waals surface area contributed by atoms with Crippen molar-refractivity contribution in [1.82, 2.24) is 0 Å². The van der Waals surface area contributed by atoms with Gasteiger partial charge in [0.05, 0.1) is 5.75 Å². The van der Waals surface area contributed by atoms with Crippen molar-refractivity contribution in [3.8, 4) is 0 Å². The number of rotatable bonds is 3. The van der Waals surface area contributed by atoms with Crippen molar-refractivity contribution < 1.29 is 12.3 Å². The largest absolute Gasteiger partial charge is 0.302 e. The minimum Gasteiger partial charge on any atom is -0.195 e. The predicted molar refractivity (Wildman–Crippen MR) is 58.7 cm³/mol. The van der Waals surface area contributed by atoms with Crippen LogP contribution in [-0.2, 0) is 10.2 Å². The minimum atomic E-state index is -4.34. The number of hydrogen-bond donors (Lipinski definition) is 0. The van der Waals surface area contributed by atoms with Crippen LogP contribution >= 0.6 is 11.8 Å². The molecule has 0 atom stereocenters. The van der Waals surface area contributed by atoms with E-state index in [1.54, 1.807) is 0 Å². The summed E-state index contributed by atoms with van der Waals surface area (Å²) in [5.74, 6) is 2.14. The molecular weight excluding hydrogens is 223 g/mol. The predicted octanol–water partition coefficient (Wildman–Crippen LogP) is 2.46. The van der Waals surface area contributed by atoms with Crippen LogP contribution in [0.3, 0.4) is 0 Å². The third-order valence-corrected chi connectivity index (χ3v) is 5.01. The molecule has 0 amide bonds. The lowest BCUT2D eigenvalue weighted by molar-refractivity contribution is 0.226. The van der Waals surface area contributed by atoms with Crippen LogP contribution in [0.15, 0.2) is 0 Å². The maximum absolute atomic E-state index is 12.6. The Hall–Kier alpha value is 0.230. The van der Waals surface area contributed by atoms with Gasteiger partial charge in [-0.15, -0.1) is 3.89 Å². The van der Waals surface area contributed by atoms with Gasteiger partial charge in [-0.25, -0.2) is 0 Å². The topological polar surface area (TPSA) is 34.1 Å². The first kappa shape index (κ1) is 12.3. The second kappa shape index (κ2) is 4.39. The highest BCUT2D eigenvalue weighted by molar-refractivity contribution is 7.99. The molecule has 0 bridgehead atoms. The monoisotopic (exact) mass is 240 g/mol. The summed E-state index contributed by atoms with van der Waals surface area (Å²) in [6.45, 7) is 3.70. The summed E-state index contributed by atoms with van der Waals surface area (Å²) in [6.07, 6.45) is 2.01. The van der Waals surface area contributed by atoms with Gasteiger partial charge in [0.1, 0.15) is 0 Å². The average molecular weight is 240 g/mol. The van der Waals surface area contributed by atoms with Crippen molar-refractivity contribution in [2.75, 3.05) is 17.3 Å². The van der Waals surface area contributed by atoms with Crippen molar-refractivity contribution in [3.63, 3.8) is 0 Å². The van der Waals surface area contributed by atoms with Gasteiger partial charge in [-0.05, 0) is 35.7 Å². The summed E-state index contributed by atoms with van der Waals surface area (Å²) in [7, 11) is -4.34. The molecule has 1 aliphatic rings. The first-order valence-corrected chi connectivity index (χ1v) is 7.52. The van der Waals surface area contributed by atoms with Gasteiger partial charge in [-0.3, -0.25) is 0 Å². The third kappa shape index (κ3) is 3.77. The molecule has 0 aromatic carbocycles. The zero-order valence-electron chi connectivity index (χ0n) is 8.62. The van der Waals surface area contributed by atoms with Gasteiger partial charge < -0.3 is 0 Å². The fourth-order valence-electron chi connectivity index (χ4n) is 2.04. The van der Waals surface area contributed by atoms with E-state index in [-0.39, 0.29) is 5.75 Å². The summed E-state index contributed by atoms with van der Waals surface area (Å²) in [4.78, 5) is 0.